The third kappa shape index (κ3) is 5.46. The summed E-state index contributed by atoms with van der Waals surface area (Å²) >= 11 is 0. The molecular formula is C15H25N3O2P2. The molecule has 0 saturated heterocycles. The minimum Gasteiger partial charge on any atom is -0.478 e. The number of aromatic nitrogens is 2. The van der Waals surface area contributed by atoms with E-state index in [1.807, 2.05) is 17.0 Å². The summed E-state index contributed by atoms with van der Waals surface area (Å²) in [7, 11) is 5.10. The topological polar surface area (TPSA) is 58.4 Å². The molecule has 2 unspecified atom stereocenters. The van der Waals surface area contributed by atoms with Crippen LogP contribution in [0.4, 0.5) is 0 Å². The van der Waals surface area contributed by atoms with Gasteiger partial charge in [-0.15, -0.1) is 0 Å². The van der Waals surface area contributed by atoms with Gasteiger partial charge < -0.3 is 9.67 Å². The minimum absolute atomic E-state index is 0.422. The zero-order valence-electron chi connectivity index (χ0n) is 12.8. The number of imidazole rings is 1. The van der Waals surface area contributed by atoms with Gasteiger partial charge in [0.15, 0.2) is 0 Å². The average Bonchev–Trinajstić information content (AvgIpc) is 2.95. The molecule has 0 spiro atoms. The zero-order chi connectivity index (χ0) is 15.9. The van der Waals surface area contributed by atoms with E-state index < -0.39 is 5.97 Å². The lowest BCUT2D eigenvalue weighted by atomic mass is 9.95. The predicted molar refractivity (Wildman–Crippen MR) is 95.3 cm³/mol. The van der Waals surface area contributed by atoms with Crippen LogP contribution in [0.5, 0.6) is 0 Å². The van der Waals surface area contributed by atoms with Crippen LogP contribution in [-0.2, 0) is 4.79 Å². The molecule has 0 bridgehead atoms. The molecule has 2 atom stereocenters. The lowest BCUT2D eigenvalue weighted by molar-refractivity contribution is -0.132. The van der Waals surface area contributed by atoms with Crippen molar-refractivity contribution in [3.05, 3.63) is 23.8 Å². The standard InChI is InChI=1S/C15H25N3O2P2/c19-15(20)12(5-4-8-18(21)22)9-13-10-17(11-16-13)14-6-2-1-3-7-14/h9-11,14H,1-8,21-22H2,(H,19,20)/b12-9+. The van der Waals surface area contributed by atoms with Gasteiger partial charge in [0.05, 0.1) is 12.0 Å². The van der Waals surface area contributed by atoms with Crippen LogP contribution in [0.15, 0.2) is 18.1 Å². The number of carboxylic acid groups (broad SMARTS) is 1. The van der Waals surface area contributed by atoms with E-state index in [4.69, 9.17) is 0 Å². The first-order valence-electron chi connectivity index (χ1n) is 7.80. The molecule has 5 nitrogen and oxygen atoms in total. The molecular weight excluding hydrogens is 316 g/mol. The van der Waals surface area contributed by atoms with Crippen LogP contribution < -0.4 is 0 Å². The molecule has 0 aliphatic heterocycles. The van der Waals surface area contributed by atoms with E-state index in [2.05, 4.69) is 28.3 Å². The van der Waals surface area contributed by atoms with Gasteiger partial charge >= 0.3 is 5.97 Å². The molecule has 1 aliphatic rings. The molecule has 0 radical (unpaired) electrons. The summed E-state index contributed by atoms with van der Waals surface area (Å²) < 4.78 is 4.05. The summed E-state index contributed by atoms with van der Waals surface area (Å²) in [6.07, 6.45) is 13.1. The summed E-state index contributed by atoms with van der Waals surface area (Å²) in [4.78, 5) is 15.7. The third-order valence-corrected chi connectivity index (χ3v) is 4.59. The fourth-order valence-corrected chi connectivity index (χ4v) is 3.24. The Kier molecular flexibility index (Phi) is 7.01. The van der Waals surface area contributed by atoms with Crippen molar-refractivity contribution in [2.24, 2.45) is 0 Å². The Morgan fingerprint density at radius 2 is 2.14 bits per heavy atom. The fourth-order valence-electron chi connectivity index (χ4n) is 2.88. The SMILES string of the molecule is O=C(O)/C(=C/c1cn(C2CCCCC2)cn1)CCCN(P)P. The maximum Gasteiger partial charge on any atom is 0.331 e. The Morgan fingerprint density at radius 1 is 1.41 bits per heavy atom. The van der Waals surface area contributed by atoms with Gasteiger partial charge in [0, 0.05) is 24.4 Å². The van der Waals surface area contributed by atoms with Gasteiger partial charge in [0.25, 0.3) is 0 Å². The molecule has 7 heteroatoms. The summed E-state index contributed by atoms with van der Waals surface area (Å²) in [5.41, 5.74) is 1.17. The van der Waals surface area contributed by atoms with Crippen LogP contribution in [0, 0.1) is 0 Å². The van der Waals surface area contributed by atoms with E-state index in [1.165, 1.54) is 32.1 Å². The summed E-state index contributed by atoms with van der Waals surface area (Å²) in [5, 5.41) is 9.33. The largest absolute Gasteiger partial charge is 0.478 e. The first-order valence-corrected chi connectivity index (χ1v) is 8.84. The van der Waals surface area contributed by atoms with Gasteiger partial charge in [-0.2, -0.15) is 0 Å². The van der Waals surface area contributed by atoms with E-state index in [9.17, 15) is 9.90 Å². The molecule has 1 aromatic rings. The predicted octanol–water partition coefficient (Wildman–Crippen LogP) is 3.52. The van der Waals surface area contributed by atoms with Crippen molar-refractivity contribution in [2.75, 3.05) is 6.54 Å². The van der Waals surface area contributed by atoms with Crippen LogP contribution in [0.2, 0.25) is 0 Å². The van der Waals surface area contributed by atoms with E-state index in [1.54, 1.807) is 6.08 Å². The highest BCUT2D eigenvalue weighted by Crippen LogP contribution is 2.28. The number of aliphatic carboxylic acids is 1. The highest BCUT2D eigenvalue weighted by Gasteiger charge is 2.15. The lowest BCUT2D eigenvalue weighted by Gasteiger charge is -2.22. The summed E-state index contributed by atoms with van der Waals surface area (Å²) in [6, 6.07) is 0.527. The molecule has 22 heavy (non-hydrogen) atoms. The highest BCUT2D eigenvalue weighted by atomic mass is 31.1. The number of hydrogen-bond acceptors (Lipinski definition) is 3. The quantitative estimate of drug-likeness (QED) is 0.609. The average molecular weight is 341 g/mol. The van der Waals surface area contributed by atoms with Crippen LogP contribution in [0.3, 0.4) is 0 Å². The molecule has 1 saturated carbocycles. The minimum atomic E-state index is -0.855. The molecule has 0 amide bonds. The van der Waals surface area contributed by atoms with Gasteiger partial charge in [-0.3, -0.25) is 4.44 Å². The monoisotopic (exact) mass is 341 g/mol. The molecule has 1 aromatic heterocycles. The second-order valence-corrected chi connectivity index (χ2v) is 7.78. The number of nitrogens with zero attached hydrogens (tertiary/aromatic N) is 3. The fraction of sp³-hybridized carbons (Fsp3) is 0.600. The van der Waals surface area contributed by atoms with Crippen LogP contribution in [0.25, 0.3) is 6.08 Å². The van der Waals surface area contributed by atoms with E-state index in [0.29, 0.717) is 18.0 Å². The van der Waals surface area contributed by atoms with Gasteiger partial charge in [-0.1, -0.05) is 38.0 Å². The molecule has 1 aliphatic carbocycles. The second-order valence-electron chi connectivity index (χ2n) is 5.85. The number of hydrogen-bond donors (Lipinski definition) is 1. The first kappa shape index (κ1) is 17.6. The van der Waals surface area contributed by atoms with Gasteiger partial charge in [-0.25, -0.2) is 9.78 Å². The first-order chi connectivity index (χ1) is 10.6. The maximum absolute atomic E-state index is 11.4. The van der Waals surface area contributed by atoms with Crippen LogP contribution in [-0.4, -0.2) is 31.6 Å². The van der Waals surface area contributed by atoms with Gasteiger partial charge in [-0.05, 0) is 31.8 Å². The lowest BCUT2D eigenvalue weighted by Crippen LogP contribution is -2.10. The molecule has 1 fully saturated rings. The van der Waals surface area contributed by atoms with Crippen molar-refractivity contribution in [3.8, 4) is 0 Å². The van der Waals surface area contributed by atoms with Crippen molar-refractivity contribution in [2.45, 2.75) is 51.0 Å². The highest BCUT2D eigenvalue weighted by molar-refractivity contribution is 7.30. The van der Waals surface area contributed by atoms with Gasteiger partial charge in [0.1, 0.15) is 0 Å². The van der Waals surface area contributed by atoms with E-state index in [0.717, 1.165) is 18.7 Å². The van der Waals surface area contributed by atoms with Crippen molar-refractivity contribution < 1.29 is 9.90 Å². The van der Waals surface area contributed by atoms with Gasteiger partial charge in [0.2, 0.25) is 0 Å². The Balaban J connectivity index is 2.01. The summed E-state index contributed by atoms with van der Waals surface area (Å²) in [5.74, 6) is -0.855. The molecule has 1 heterocycles. The Bertz CT molecular complexity index is 523. The Hall–Kier alpha value is -0.760. The molecule has 122 valence electrons. The third-order valence-electron chi connectivity index (χ3n) is 4.08. The van der Waals surface area contributed by atoms with Crippen molar-refractivity contribution in [1.29, 1.82) is 0 Å². The van der Waals surface area contributed by atoms with E-state index >= 15 is 0 Å². The van der Waals surface area contributed by atoms with E-state index in [-0.39, 0.29) is 0 Å². The number of carboxylic acids is 1. The number of carbonyl (C=O) groups is 1. The molecule has 1 N–H and O–H groups in total. The zero-order valence-corrected chi connectivity index (χ0v) is 15.1. The Morgan fingerprint density at radius 3 is 2.77 bits per heavy atom. The van der Waals surface area contributed by atoms with Crippen LogP contribution in [0.1, 0.15) is 56.7 Å². The Labute approximate surface area is 136 Å². The molecule has 0 aromatic carbocycles. The number of rotatable bonds is 7. The normalized spacial score (nSPS) is 17.1. The molecule has 2 rings (SSSR count). The van der Waals surface area contributed by atoms with Crippen molar-refractivity contribution >= 4 is 30.8 Å². The van der Waals surface area contributed by atoms with Crippen molar-refractivity contribution in [3.63, 3.8) is 0 Å². The summed E-state index contributed by atoms with van der Waals surface area (Å²) in [6.45, 7) is 0.816. The van der Waals surface area contributed by atoms with Crippen LogP contribution >= 0.6 is 18.8 Å². The van der Waals surface area contributed by atoms with Crippen molar-refractivity contribution in [1.82, 2.24) is 14.0 Å². The second kappa shape index (κ2) is 8.76. The smallest absolute Gasteiger partial charge is 0.331 e. The maximum atomic E-state index is 11.4.